The van der Waals surface area contributed by atoms with E-state index in [9.17, 15) is 21.6 Å². The van der Waals surface area contributed by atoms with Crippen molar-refractivity contribution in [3.8, 4) is 0 Å². The highest BCUT2D eigenvalue weighted by Crippen LogP contribution is 2.36. The predicted molar refractivity (Wildman–Crippen MR) is 129 cm³/mol. The number of hydrogen-bond donors (Lipinski definition) is 3. The Hall–Kier alpha value is -3.33. The van der Waals surface area contributed by atoms with Crippen LogP contribution in [0.15, 0.2) is 65.9 Å². The van der Waals surface area contributed by atoms with Gasteiger partial charge in [0.05, 0.1) is 21.9 Å². The summed E-state index contributed by atoms with van der Waals surface area (Å²) in [4.78, 5) is 2.99. The fourth-order valence-corrected chi connectivity index (χ4v) is 5.01. The van der Waals surface area contributed by atoms with Crippen LogP contribution in [0.5, 0.6) is 0 Å². The lowest BCUT2D eigenvalue weighted by Gasteiger charge is -2.17. The van der Waals surface area contributed by atoms with E-state index in [1.54, 1.807) is 38.4 Å². The van der Waals surface area contributed by atoms with Crippen molar-refractivity contribution in [1.82, 2.24) is 10.3 Å². The van der Waals surface area contributed by atoms with Crippen LogP contribution in [0, 0.1) is 12.3 Å². The van der Waals surface area contributed by atoms with Crippen LogP contribution in [-0.2, 0) is 22.4 Å². The third-order valence-electron chi connectivity index (χ3n) is 5.58. The van der Waals surface area contributed by atoms with Crippen LogP contribution in [0.1, 0.15) is 34.9 Å². The number of alkyl halides is 3. The lowest BCUT2D eigenvalue weighted by atomic mass is 9.94. The maximum Gasteiger partial charge on any atom is 0.417 e. The number of halogens is 3. The standard InChI is InChI=1S/C25H26F3N3O2S/c1-15(2)21-11-17(16(3)10-22(21)25(26,27)28)8-9-34(32,33)19-12-23(31-14-19)20-7-5-6-18(13-30-4)24(20)29/h5-7,10-14,29-31H,1,8-9H2,2-4H3/b18-13-,29-24?. The van der Waals surface area contributed by atoms with E-state index in [0.29, 0.717) is 28.0 Å². The van der Waals surface area contributed by atoms with Crippen molar-refractivity contribution in [3.63, 3.8) is 0 Å². The van der Waals surface area contributed by atoms with E-state index in [4.69, 9.17) is 5.41 Å². The molecule has 0 spiro atoms. The van der Waals surface area contributed by atoms with Gasteiger partial charge in [-0.25, -0.2) is 8.42 Å². The summed E-state index contributed by atoms with van der Waals surface area (Å²) in [5, 5.41) is 11.2. The molecule has 1 aliphatic rings. The van der Waals surface area contributed by atoms with Gasteiger partial charge in [0.15, 0.2) is 9.84 Å². The van der Waals surface area contributed by atoms with Crippen molar-refractivity contribution in [2.75, 3.05) is 12.8 Å². The smallest absolute Gasteiger partial charge is 0.393 e. The van der Waals surface area contributed by atoms with Gasteiger partial charge >= 0.3 is 6.18 Å². The van der Waals surface area contributed by atoms with Crippen molar-refractivity contribution < 1.29 is 21.6 Å². The van der Waals surface area contributed by atoms with E-state index in [1.165, 1.54) is 25.3 Å². The minimum Gasteiger partial charge on any atom is -0.393 e. The number of aromatic nitrogens is 1. The summed E-state index contributed by atoms with van der Waals surface area (Å²) in [6.07, 6.45) is 3.86. The van der Waals surface area contributed by atoms with E-state index in [0.717, 1.165) is 6.07 Å². The largest absolute Gasteiger partial charge is 0.417 e. The molecule has 1 aromatic carbocycles. The molecule has 34 heavy (non-hydrogen) atoms. The Morgan fingerprint density at radius 2 is 1.97 bits per heavy atom. The Bertz CT molecular complexity index is 1340. The maximum atomic E-state index is 13.4. The minimum atomic E-state index is -4.52. The van der Waals surface area contributed by atoms with Gasteiger partial charge < -0.3 is 10.3 Å². The van der Waals surface area contributed by atoms with Crippen molar-refractivity contribution in [2.45, 2.75) is 31.3 Å². The predicted octanol–water partition coefficient (Wildman–Crippen LogP) is 5.47. The Labute approximate surface area is 197 Å². The molecule has 3 N–H and O–H groups in total. The Kier molecular flexibility index (Phi) is 7.07. The van der Waals surface area contributed by atoms with Crippen molar-refractivity contribution in [2.24, 2.45) is 0 Å². The summed E-state index contributed by atoms with van der Waals surface area (Å²) < 4.78 is 66.1. The Morgan fingerprint density at radius 3 is 2.59 bits per heavy atom. The molecule has 0 radical (unpaired) electrons. The highest BCUT2D eigenvalue weighted by Gasteiger charge is 2.34. The third-order valence-corrected chi connectivity index (χ3v) is 7.28. The molecule has 0 unspecified atom stereocenters. The highest BCUT2D eigenvalue weighted by molar-refractivity contribution is 7.91. The summed E-state index contributed by atoms with van der Waals surface area (Å²) in [6, 6.07) is 3.91. The first-order chi connectivity index (χ1) is 15.8. The summed E-state index contributed by atoms with van der Waals surface area (Å²) in [6.45, 7) is 6.67. The van der Waals surface area contributed by atoms with Crippen molar-refractivity contribution in [1.29, 1.82) is 5.41 Å². The second kappa shape index (κ2) is 9.50. The monoisotopic (exact) mass is 489 g/mol. The lowest BCUT2D eigenvalue weighted by molar-refractivity contribution is -0.137. The molecule has 0 bridgehead atoms. The molecule has 180 valence electrons. The highest BCUT2D eigenvalue weighted by atomic mass is 32.2. The normalized spacial score (nSPS) is 15.5. The van der Waals surface area contributed by atoms with Gasteiger partial charge in [-0.3, -0.25) is 5.41 Å². The fraction of sp³-hybridized carbons (Fsp3) is 0.240. The number of allylic oxidation sites excluding steroid dienone is 6. The van der Waals surface area contributed by atoms with Gasteiger partial charge in [-0.05, 0) is 49.1 Å². The first kappa shape index (κ1) is 25.3. The van der Waals surface area contributed by atoms with Gasteiger partial charge in [-0.2, -0.15) is 13.2 Å². The van der Waals surface area contributed by atoms with Gasteiger partial charge in [0.2, 0.25) is 0 Å². The number of nitrogens with one attached hydrogen (secondary N) is 3. The summed E-state index contributed by atoms with van der Waals surface area (Å²) >= 11 is 0. The summed E-state index contributed by atoms with van der Waals surface area (Å²) in [5.41, 5.74) is 2.29. The molecule has 0 saturated heterocycles. The van der Waals surface area contributed by atoms with Crippen LogP contribution >= 0.6 is 0 Å². The second-order valence-corrected chi connectivity index (χ2v) is 10.2. The molecule has 2 aromatic rings. The van der Waals surface area contributed by atoms with E-state index >= 15 is 0 Å². The van der Waals surface area contributed by atoms with Gasteiger partial charge in [0, 0.05) is 36.3 Å². The van der Waals surface area contributed by atoms with E-state index in [2.05, 4.69) is 16.9 Å². The molecule has 0 amide bonds. The average Bonchev–Trinajstić information content (AvgIpc) is 3.24. The number of hydrogen-bond acceptors (Lipinski definition) is 4. The van der Waals surface area contributed by atoms with Crippen LogP contribution in [0.4, 0.5) is 13.2 Å². The van der Waals surface area contributed by atoms with Crippen molar-refractivity contribution in [3.05, 3.63) is 88.9 Å². The average molecular weight is 490 g/mol. The van der Waals surface area contributed by atoms with E-state index in [1.807, 2.05) is 0 Å². The van der Waals surface area contributed by atoms with Crippen molar-refractivity contribution >= 4 is 26.7 Å². The quantitative estimate of drug-likeness (QED) is 0.482. The van der Waals surface area contributed by atoms with E-state index < -0.39 is 21.6 Å². The zero-order chi connectivity index (χ0) is 25.3. The lowest BCUT2D eigenvalue weighted by Crippen LogP contribution is -2.13. The van der Waals surface area contributed by atoms with Crippen LogP contribution in [0.25, 0.3) is 11.1 Å². The molecule has 0 atom stereocenters. The molecule has 3 rings (SSSR count). The first-order valence-electron chi connectivity index (χ1n) is 10.5. The second-order valence-electron chi connectivity index (χ2n) is 8.12. The molecule has 9 heteroatoms. The molecule has 5 nitrogen and oxygen atoms in total. The zero-order valence-electron chi connectivity index (χ0n) is 19.1. The van der Waals surface area contributed by atoms with Crippen LogP contribution in [0.2, 0.25) is 0 Å². The number of aryl methyl sites for hydroxylation is 2. The molecule has 1 heterocycles. The summed E-state index contributed by atoms with van der Waals surface area (Å²) in [5.74, 6) is -0.270. The molecule has 0 fully saturated rings. The molecule has 1 aliphatic carbocycles. The van der Waals surface area contributed by atoms with Crippen LogP contribution in [-0.4, -0.2) is 31.9 Å². The number of sulfone groups is 1. The summed E-state index contributed by atoms with van der Waals surface area (Å²) in [7, 11) is -2.00. The maximum absolute atomic E-state index is 13.4. The topological polar surface area (TPSA) is 85.8 Å². The molecule has 0 aliphatic heterocycles. The van der Waals surface area contributed by atoms with Gasteiger partial charge in [-0.15, -0.1) is 0 Å². The zero-order valence-corrected chi connectivity index (χ0v) is 19.9. The SMILES string of the molecule is C=C(C)c1cc(CCS(=O)(=O)c2c[nH]c(C3=CC=C/C(=C/NC)C3=N)c2)c(C)cc1C(F)(F)F. The van der Waals surface area contributed by atoms with Crippen LogP contribution < -0.4 is 5.32 Å². The number of aromatic amines is 1. The molecule has 1 aromatic heterocycles. The minimum absolute atomic E-state index is 0.0318. The Morgan fingerprint density at radius 1 is 1.26 bits per heavy atom. The number of rotatable bonds is 7. The van der Waals surface area contributed by atoms with Gasteiger partial charge in [0.1, 0.15) is 0 Å². The number of H-pyrrole nitrogens is 1. The van der Waals surface area contributed by atoms with Crippen LogP contribution in [0.3, 0.4) is 0 Å². The Balaban J connectivity index is 1.84. The first-order valence-corrected chi connectivity index (χ1v) is 12.1. The van der Waals surface area contributed by atoms with Gasteiger partial charge in [-0.1, -0.05) is 36.4 Å². The fourth-order valence-electron chi connectivity index (χ4n) is 3.75. The molecular formula is C25H26F3N3O2S. The third kappa shape index (κ3) is 5.25. The number of benzene rings is 1. The van der Waals surface area contributed by atoms with Gasteiger partial charge in [0.25, 0.3) is 0 Å². The van der Waals surface area contributed by atoms with E-state index in [-0.39, 0.29) is 33.9 Å². The molecule has 0 saturated carbocycles. The molecular weight excluding hydrogens is 463 g/mol.